The highest BCUT2D eigenvalue weighted by Gasteiger charge is 2.24. The zero-order valence-corrected chi connectivity index (χ0v) is 16.7. The fourth-order valence-electron chi connectivity index (χ4n) is 3.57. The predicted octanol–water partition coefficient (Wildman–Crippen LogP) is 3.88. The molecular formula is C22H23N3O2S. The molecule has 0 saturated heterocycles. The van der Waals surface area contributed by atoms with Crippen LogP contribution in [-0.2, 0) is 17.8 Å². The van der Waals surface area contributed by atoms with Crippen molar-refractivity contribution in [3.8, 4) is 0 Å². The van der Waals surface area contributed by atoms with E-state index >= 15 is 0 Å². The summed E-state index contributed by atoms with van der Waals surface area (Å²) in [4.78, 5) is 32.3. The number of hydrogen-bond acceptors (Lipinski definition) is 4. The molecule has 0 unspecified atom stereocenters. The van der Waals surface area contributed by atoms with Crippen molar-refractivity contribution in [3.63, 3.8) is 0 Å². The van der Waals surface area contributed by atoms with Crippen LogP contribution in [0.5, 0.6) is 0 Å². The lowest BCUT2D eigenvalue weighted by molar-refractivity contribution is -0.116. The topological polar surface area (TPSA) is 55.2 Å². The molecule has 0 saturated carbocycles. The van der Waals surface area contributed by atoms with Crippen molar-refractivity contribution >= 4 is 34.3 Å². The second-order valence-corrected chi connectivity index (χ2v) is 7.88. The number of carbonyl (C=O) groups is 1. The number of rotatable bonds is 6. The van der Waals surface area contributed by atoms with Crippen molar-refractivity contribution in [2.75, 3.05) is 17.2 Å². The van der Waals surface area contributed by atoms with E-state index in [2.05, 4.69) is 18.0 Å². The van der Waals surface area contributed by atoms with Crippen LogP contribution in [0.15, 0.2) is 58.5 Å². The Kier molecular flexibility index (Phi) is 5.48. The zero-order chi connectivity index (χ0) is 19.5. The monoisotopic (exact) mass is 393 g/mol. The van der Waals surface area contributed by atoms with Crippen LogP contribution in [-0.4, -0.2) is 27.8 Å². The molecule has 0 bridgehead atoms. The van der Waals surface area contributed by atoms with Gasteiger partial charge in [-0.2, -0.15) is 0 Å². The minimum absolute atomic E-state index is 0.0273. The summed E-state index contributed by atoms with van der Waals surface area (Å²) < 4.78 is 1.72. The van der Waals surface area contributed by atoms with E-state index in [0.29, 0.717) is 29.1 Å². The molecular weight excluding hydrogens is 370 g/mol. The summed E-state index contributed by atoms with van der Waals surface area (Å²) in [7, 11) is 0. The number of aromatic nitrogens is 2. The van der Waals surface area contributed by atoms with Crippen molar-refractivity contribution in [1.82, 2.24) is 9.55 Å². The number of para-hydroxylation sites is 2. The third-order valence-corrected chi connectivity index (χ3v) is 6.04. The summed E-state index contributed by atoms with van der Waals surface area (Å²) in [6.07, 6.45) is 2.79. The first-order valence-electron chi connectivity index (χ1n) is 9.69. The van der Waals surface area contributed by atoms with Gasteiger partial charge >= 0.3 is 0 Å². The van der Waals surface area contributed by atoms with Crippen LogP contribution in [0.4, 0.5) is 5.69 Å². The molecule has 2 aromatic carbocycles. The number of benzene rings is 2. The third kappa shape index (κ3) is 3.56. The van der Waals surface area contributed by atoms with Crippen LogP contribution >= 0.6 is 11.8 Å². The second-order valence-electron chi connectivity index (χ2n) is 6.93. The van der Waals surface area contributed by atoms with Gasteiger partial charge in [0.25, 0.3) is 5.56 Å². The van der Waals surface area contributed by atoms with Gasteiger partial charge in [-0.25, -0.2) is 4.98 Å². The molecule has 3 aromatic rings. The zero-order valence-electron chi connectivity index (χ0n) is 15.9. The summed E-state index contributed by atoms with van der Waals surface area (Å²) in [5, 5.41) is 1.25. The third-order valence-electron chi connectivity index (χ3n) is 5.07. The SMILES string of the molecule is CCCCn1c(SCC(=O)N2CCc3ccccc32)nc2ccccc2c1=O. The number of unbranched alkanes of at least 4 members (excludes halogenated alkanes) is 1. The quantitative estimate of drug-likeness (QED) is 0.471. The van der Waals surface area contributed by atoms with Gasteiger partial charge < -0.3 is 4.90 Å². The number of fused-ring (bicyclic) bond motifs is 2. The van der Waals surface area contributed by atoms with Crippen LogP contribution in [0.1, 0.15) is 25.3 Å². The van der Waals surface area contributed by atoms with E-state index in [-0.39, 0.29) is 17.2 Å². The second kappa shape index (κ2) is 8.19. The number of carbonyl (C=O) groups excluding carboxylic acids is 1. The number of amides is 1. The molecule has 0 atom stereocenters. The lowest BCUT2D eigenvalue weighted by atomic mass is 10.2. The van der Waals surface area contributed by atoms with Crippen molar-refractivity contribution in [3.05, 3.63) is 64.4 Å². The van der Waals surface area contributed by atoms with Gasteiger partial charge in [-0.15, -0.1) is 0 Å². The highest BCUT2D eigenvalue weighted by Crippen LogP contribution is 2.28. The highest BCUT2D eigenvalue weighted by molar-refractivity contribution is 7.99. The molecule has 2 heterocycles. The summed E-state index contributed by atoms with van der Waals surface area (Å²) in [5.41, 5.74) is 2.87. The smallest absolute Gasteiger partial charge is 0.262 e. The summed E-state index contributed by atoms with van der Waals surface area (Å²) >= 11 is 1.36. The van der Waals surface area contributed by atoms with Gasteiger partial charge in [0.1, 0.15) is 0 Å². The van der Waals surface area contributed by atoms with Crippen LogP contribution in [0.3, 0.4) is 0 Å². The fraction of sp³-hybridized carbons (Fsp3) is 0.318. The molecule has 0 radical (unpaired) electrons. The van der Waals surface area contributed by atoms with E-state index in [1.807, 2.05) is 47.4 Å². The Bertz CT molecular complexity index is 1080. The molecule has 1 amide bonds. The van der Waals surface area contributed by atoms with Crippen LogP contribution < -0.4 is 10.5 Å². The van der Waals surface area contributed by atoms with E-state index in [0.717, 1.165) is 24.9 Å². The normalized spacial score (nSPS) is 13.1. The molecule has 28 heavy (non-hydrogen) atoms. The van der Waals surface area contributed by atoms with E-state index in [1.54, 1.807) is 4.57 Å². The molecule has 1 aliphatic rings. The van der Waals surface area contributed by atoms with Gasteiger partial charge in [0.2, 0.25) is 5.91 Å². The Labute approximate surface area is 168 Å². The molecule has 0 N–H and O–H groups in total. The van der Waals surface area contributed by atoms with E-state index in [9.17, 15) is 9.59 Å². The van der Waals surface area contributed by atoms with Crippen LogP contribution in [0.25, 0.3) is 10.9 Å². The molecule has 0 spiro atoms. The van der Waals surface area contributed by atoms with Gasteiger partial charge in [0.05, 0.1) is 16.7 Å². The van der Waals surface area contributed by atoms with Gasteiger partial charge in [-0.3, -0.25) is 14.2 Å². The van der Waals surface area contributed by atoms with E-state index in [4.69, 9.17) is 0 Å². The Morgan fingerprint density at radius 1 is 1.14 bits per heavy atom. The Balaban J connectivity index is 1.59. The highest BCUT2D eigenvalue weighted by atomic mass is 32.2. The van der Waals surface area contributed by atoms with Gasteiger partial charge in [-0.05, 0) is 36.6 Å². The van der Waals surface area contributed by atoms with Crippen molar-refractivity contribution in [2.24, 2.45) is 0 Å². The Morgan fingerprint density at radius 3 is 2.79 bits per heavy atom. The van der Waals surface area contributed by atoms with Crippen molar-refractivity contribution in [1.29, 1.82) is 0 Å². The van der Waals surface area contributed by atoms with Crippen molar-refractivity contribution in [2.45, 2.75) is 37.9 Å². The molecule has 4 rings (SSSR count). The molecule has 144 valence electrons. The molecule has 0 fully saturated rings. The summed E-state index contributed by atoms with van der Waals surface area (Å²) in [6, 6.07) is 15.4. The van der Waals surface area contributed by atoms with E-state index < -0.39 is 0 Å². The van der Waals surface area contributed by atoms with Gasteiger partial charge in [0.15, 0.2) is 5.16 Å². The summed E-state index contributed by atoms with van der Waals surface area (Å²) in [5.74, 6) is 0.324. The molecule has 5 nitrogen and oxygen atoms in total. The Hall–Kier alpha value is -2.60. The Morgan fingerprint density at radius 2 is 1.93 bits per heavy atom. The fourth-order valence-corrected chi connectivity index (χ4v) is 4.47. The predicted molar refractivity (Wildman–Crippen MR) is 114 cm³/mol. The van der Waals surface area contributed by atoms with Gasteiger partial charge in [0, 0.05) is 18.8 Å². The number of nitrogens with zero attached hydrogens (tertiary/aromatic N) is 3. The molecule has 1 aromatic heterocycles. The average Bonchev–Trinajstić information content (AvgIpc) is 3.16. The van der Waals surface area contributed by atoms with Gasteiger partial charge in [-0.1, -0.05) is 55.4 Å². The first-order chi connectivity index (χ1) is 13.7. The lowest BCUT2D eigenvalue weighted by Gasteiger charge is -2.18. The lowest BCUT2D eigenvalue weighted by Crippen LogP contribution is -2.31. The summed E-state index contributed by atoms with van der Waals surface area (Å²) in [6.45, 7) is 3.43. The maximum atomic E-state index is 12.9. The van der Waals surface area contributed by atoms with Crippen LogP contribution in [0.2, 0.25) is 0 Å². The number of hydrogen-bond donors (Lipinski definition) is 0. The maximum absolute atomic E-state index is 12.9. The van der Waals surface area contributed by atoms with E-state index in [1.165, 1.54) is 17.3 Å². The molecule has 0 aliphatic carbocycles. The molecule has 6 heteroatoms. The minimum Gasteiger partial charge on any atom is -0.311 e. The average molecular weight is 394 g/mol. The number of thioether (sulfide) groups is 1. The number of anilines is 1. The van der Waals surface area contributed by atoms with Crippen molar-refractivity contribution < 1.29 is 4.79 Å². The molecule has 1 aliphatic heterocycles. The first kappa shape index (κ1) is 18.7. The minimum atomic E-state index is -0.0273. The maximum Gasteiger partial charge on any atom is 0.262 e. The first-order valence-corrected chi connectivity index (χ1v) is 10.7. The standard InChI is InChI=1S/C22H23N3O2S/c1-2-3-13-25-21(27)17-9-5-6-10-18(17)23-22(25)28-15-20(26)24-14-12-16-8-4-7-11-19(16)24/h4-11H,2-3,12-15H2,1H3. The van der Waals surface area contributed by atoms with Crippen LogP contribution in [0, 0.1) is 0 Å². The largest absolute Gasteiger partial charge is 0.311 e.